The van der Waals surface area contributed by atoms with Gasteiger partial charge in [0.15, 0.2) is 0 Å². The zero-order valence-electron chi connectivity index (χ0n) is 45.1. The summed E-state index contributed by atoms with van der Waals surface area (Å²) in [4.78, 5) is 23.9. The first-order chi connectivity index (χ1) is 35.2. The smallest absolute Gasteiger partial charge is 0.133 e. The Hall–Kier alpha value is -7.32. The first kappa shape index (κ1) is 56.0. The Labute approximate surface area is 438 Å². The van der Waals surface area contributed by atoms with E-state index in [9.17, 15) is 18.4 Å². The second-order valence-corrected chi connectivity index (χ2v) is 21.0. The van der Waals surface area contributed by atoms with Crippen LogP contribution >= 0.6 is 0 Å². The zero-order chi connectivity index (χ0) is 53.7. The highest BCUT2D eigenvalue weighted by atomic mass is 19.1. The minimum atomic E-state index is -0.288. The average molecular weight is 999 g/mol. The maximum Gasteiger partial charge on any atom is 0.133 e. The van der Waals surface area contributed by atoms with Crippen LogP contribution < -0.4 is 18.9 Å². The van der Waals surface area contributed by atoms with Gasteiger partial charge in [-0.2, -0.15) is 0 Å². The summed E-state index contributed by atoms with van der Waals surface area (Å²) in [6.45, 7) is 20.6. The summed E-state index contributed by atoms with van der Waals surface area (Å²) in [6, 6.07) is 47.7. The van der Waals surface area contributed by atoms with E-state index in [1.807, 2.05) is 111 Å². The molecule has 7 aromatic carbocycles. The van der Waals surface area contributed by atoms with Gasteiger partial charge in [-0.05, 0) is 154 Å². The molecule has 386 valence electrons. The lowest BCUT2D eigenvalue weighted by Gasteiger charge is -2.24. The van der Waals surface area contributed by atoms with Crippen molar-refractivity contribution in [3.8, 4) is 45.3 Å². The molecule has 0 aliphatic carbocycles. The number of carbonyl (C=O) groups is 2. The number of methoxy groups -OCH3 is 2. The van der Waals surface area contributed by atoms with E-state index < -0.39 is 0 Å². The van der Waals surface area contributed by atoms with E-state index in [0.717, 1.165) is 61.6 Å². The Balaban J connectivity index is 0.000000241. The van der Waals surface area contributed by atoms with Crippen molar-refractivity contribution in [3.05, 3.63) is 214 Å². The zero-order valence-corrected chi connectivity index (χ0v) is 45.1. The van der Waals surface area contributed by atoms with Crippen LogP contribution in [-0.2, 0) is 33.6 Å². The van der Waals surface area contributed by atoms with Crippen LogP contribution in [0.5, 0.6) is 23.0 Å². The van der Waals surface area contributed by atoms with Gasteiger partial charge in [-0.25, -0.2) is 8.78 Å². The van der Waals surface area contributed by atoms with Gasteiger partial charge in [0.25, 0.3) is 0 Å². The topological polar surface area (TPSA) is 71.1 Å². The molecule has 3 atom stereocenters. The number of hydrogen-bond donors (Lipinski definition) is 0. The fourth-order valence-corrected chi connectivity index (χ4v) is 9.14. The molecule has 6 nitrogen and oxygen atoms in total. The van der Waals surface area contributed by atoms with Gasteiger partial charge in [-0.3, -0.25) is 9.59 Å². The molecule has 0 fully saturated rings. The van der Waals surface area contributed by atoms with Gasteiger partial charge in [0.2, 0.25) is 0 Å². The molecule has 0 N–H and O–H groups in total. The molecular weight excluding hydrogens is 927 g/mol. The van der Waals surface area contributed by atoms with Crippen LogP contribution in [0.15, 0.2) is 164 Å². The molecule has 74 heavy (non-hydrogen) atoms. The van der Waals surface area contributed by atoms with Crippen molar-refractivity contribution in [2.45, 2.75) is 112 Å². The summed E-state index contributed by atoms with van der Waals surface area (Å²) >= 11 is 0. The molecule has 7 aromatic rings. The van der Waals surface area contributed by atoms with Crippen molar-refractivity contribution in [2.75, 3.05) is 14.2 Å². The third kappa shape index (κ3) is 14.7. The van der Waals surface area contributed by atoms with Gasteiger partial charge in [-0.1, -0.05) is 139 Å². The quantitative estimate of drug-likeness (QED) is 0.0798. The first-order valence-corrected chi connectivity index (χ1v) is 25.3. The molecule has 0 aromatic heterocycles. The van der Waals surface area contributed by atoms with Crippen molar-refractivity contribution in [3.63, 3.8) is 0 Å². The summed E-state index contributed by atoms with van der Waals surface area (Å²) < 4.78 is 52.7. The third-order valence-corrected chi connectivity index (χ3v) is 13.3. The number of hydrogen-bond acceptors (Lipinski definition) is 6. The van der Waals surface area contributed by atoms with Gasteiger partial charge >= 0.3 is 0 Å². The molecule has 0 radical (unpaired) electrons. The molecule has 0 bridgehead atoms. The molecule has 7 rings (SSSR count). The Kier molecular flexibility index (Phi) is 19.0. The fourth-order valence-electron chi connectivity index (χ4n) is 9.14. The number of carbonyl (C=O) groups excluding carboxylic acids is 2. The van der Waals surface area contributed by atoms with Crippen molar-refractivity contribution >= 4 is 11.6 Å². The molecule has 0 unspecified atom stereocenters. The Morgan fingerprint density at radius 2 is 0.946 bits per heavy atom. The van der Waals surface area contributed by atoms with E-state index in [1.165, 1.54) is 12.1 Å². The number of allylic oxidation sites excluding steroid dienone is 2. The van der Waals surface area contributed by atoms with Gasteiger partial charge in [0.1, 0.15) is 59.4 Å². The maximum absolute atomic E-state index is 14.9. The lowest BCUT2D eigenvalue weighted by Crippen LogP contribution is -2.15. The maximum atomic E-state index is 14.9. The minimum absolute atomic E-state index is 0.00742. The number of Topliss-reactive ketones (excluding diaryl/α,β-unsaturated/α-hetero) is 2. The molecule has 0 saturated heterocycles. The molecule has 0 aliphatic rings. The third-order valence-electron chi connectivity index (χ3n) is 13.3. The molecule has 8 heteroatoms. The monoisotopic (exact) mass is 999 g/mol. The summed E-state index contributed by atoms with van der Waals surface area (Å²) in [5.41, 5.74) is 9.62. The SMILES string of the molecule is C/C=C\[C@@H](c1ccc(OCc2ccc(C(C)(C)C)c(-c3cc(OC)ccc3F)c2)cc1)[C@H](C)C(C)=O.COc1ccc(F)c(-c2cc(COc3ccc([C@H](CC(C)=O)c4ccccc4)cc3)ccc2C(C)(C)C)c1. The van der Waals surface area contributed by atoms with E-state index in [4.69, 9.17) is 18.9 Å². The lowest BCUT2D eigenvalue weighted by molar-refractivity contribution is -0.120. The van der Waals surface area contributed by atoms with Crippen LogP contribution in [0.25, 0.3) is 22.3 Å². The highest BCUT2D eigenvalue weighted by molar-refractivity contribution is 5.79. The molecule has 0 amide bonds. The van der Waals surface area contributed by atoms with Gasteiger partial charge in [0, 0.05) is 35.3 Å². The van der Waals surface area contributed by atoms with E-state index >= 15 is 0 Å². The van der Waals surface area contributed by atoms with Crippen LogP contribution in [0.4, 0.5) is 8.78 Å². The Bertz CT molecular complexity index is 3020. The van der Waals surface area contributed by atoms with Gasteiger partial charge in [0.05, 0.1) is 14.2 Å². The fraction of sp³-hybridized carbons (Fsp3) is 0.303. The van der Waals surface area contributed by atoms with Gasteiger partial charge < -0.3 is 18.9 Å². The van der Waals surface area contributed by atoms with Crippen LogP contribution in [0.1, 0.15) is 126 Å². The second kappa shape index (κ2) is 25.1. The molecule has 0 saturated carbocycles. The number of rotatable bonds is 18. The van der Waals surface area contributed by atoms with E-state index in [1.54, 1.807) is 52.3 Å². The standard InChI is InChI=1S/C34H35FO3.C32H37FO3/c1-23(36)19-29(25-9-7-6-8-10-25)26-12-14-27(15-13-26)38-22-24-11-17-32(34(2,3)4)30(20-24)31-21-28(37-5)16-18-33(31)35;1-8-9-27(21(2)22(3)34)24-11-13-25(14-12-24)36-20-23-10-16-30(32(4,5)6)28(18-23)29-19-26(35-7)15-17-31(29)33/h6-18,20-21,29H,19,22H2,1-5H3;8-19,21,27H,20H2,1-7H3/b;9-8-/t29-;21-,27-/m11/s1. The molecule has 0 aliphatic heterocycles. The van der Waals surface area contributed by atoms with E-state index in [0.29, 0.717) is 42.3 Å². The summed E-state index contributed by atoms with van der Waals surface area (Å²) in [6.07, 6.45) is 4.50. The van der Waals surface area contributed by atoms with Crippen molar-refractivity contribution < 1.29 is 37.3 Å². The number of benzene rings is 7. The first-order valence-electron chi connectivity index (χ1n) is 25.3. The Morgan fingerprint density at radius 1 is 0.527 bits per heavy atom. The second-order valence-electron chi connectivity index (χ2n) is 21.0. The summed E-state index contributed by atoms with van der Waals surface area (Å²) in [7, 11) is 3.16. The predicted molar refractivity (Wildman–Crippen MR) is 297 cm³/mol. The molecule has 0 heterocycles. The van der Waals surface area contributed by atoms with Crippen LogP contribution in [0, 0.1) is 17.6 Å². The van der Waals surface area contributed by atoms with Crippen LogP contribution in [0.3, 0.4) is 0 Å². The van der Waals surface area contributed by atoms with Gasteiger partial charge in [-0.15, -0.1) is 0 Å². The predicted octanol–water partition coefficient (Wildman–Crippen LogP) is 16.8. The summed E-state index contributed by atoms with van der Waals surface area (Å²) in [5.74, 6) is 2.39. The average Bonchev–Trinajstić information content (AvgIpc) is 3.38. The number of halogens is 2. The lowest BCUT2D eigenvalue weighted by atomic mass is 9.81. The van der Waals surface area contributed by atoms with Crippen LogP contribution in [0.2, 0.25) is 0 Å². The highest BCUT2D eigenvalue weighted by Gasteiger charge is 2.24. The van der Waals surface area contributed by atoms with Crippen molar-refractivity contribution in [2.24, 2.45) is 5.92 Å². The molecular formula is C66H72F2O6. The van der Waals surface area contributed by atoms with Crippen molar-refractivity contribution in [1.29, 1.82) is 0 Å². The largest absolute Gasteiger partial charge is 0.497 e. The number of ketones is 2. The number of ether oxygens (including phenoxy) is 4. The molecule has 0 spiro atoms. The van der Waals surface area contributed by atoms with E-state index in [2.05, 4.69) is 71.9 Å². The summed E-state index contributed by atoms with van der Waals surface area (Å²) in [5, 5.41) is 0. The normalized spacial score (nSPS) is 12.8. The van der Waals surface area contributed by atoms with E-state index in [-0.39, 0.29) is 51.8 Å². The van der Waals surface area contributed by atoms with Crippen molar-refractivity contribution in [1.82, 2.24) is 0 Å². The Morgan fingerprint density at radius 3 is 1.34 bits per heavy atom. The highest BCUT2D eigenvalue weighted by Crippen LogP contribution is 2.39. The van der Waals surface area contributed by atoms with Crippen LogP contribution in [-0.4, -0.2) is 25.8 Å². The minimum Gasteiger partial charge on any atom is -0.497 e.